The van der Waals surface area contributed by atoms with Crippen LogP contribution in [-0.2, 0) is 18.4 Å². The molecule has 416 valence electrons. The number of hydrogen-bond donors (Lipinski definition) is 3. The predicted molar refractivity (Wildman–Crippen MR) is 313 cm³/mol. The van der Waals surface area contributed by atoms with Crippen molar-refractivity contribution in [2.24, 2.45) is 0 Å². The van der Waals surface area contributed by atoms with Crippen LogP contribution in [0.25, 0.3) is 0 Å². The third-order valence-corrected chi connectivity index (χ3v) is 13.8. The van der Waals surface area contributed by atoms with Crippen molar-refractivity contribution < 1.29 is 32.9 Å². The molecule has 0 saturated heterocycles. The summed E-state index contributed by atoms with van der Waals surface area (Å²) in [4.78, 5) is 23.2. The van der Waals surface area contributed by atoms with Crippen molar-refractivity contribution in [3.63, 3.8) is 0 Å². The van der Waals surface area contributed by atoms with Gasteiger partial charge < -0.3 is 19.8 Å². The SMILES string of the molecule is C/C=C/CC/C=C/CC/C=C/C(O)C(COP(=O)(O)OCC[N+](C)(C)C)NC(=O)CCCCCCCCCCCCCCCCCCCCCCCCCCC/C=C\C/C=C\C/C=C\C/C=C\C/C=C\CC. The summed E-state index contributed by atoms with van der Waals surface area (Å²) in [5.74, 6) is -0.193. The molecule has 0 saturated carbocycles. The maximum absolute atomic E-state index is 12.9. The summed E-state index contributed by atoms with van der Waals surface area (Å²) < 4.78 is 23.5. The van der Waals surface area contributed by atoms with E-state index in [2.05, 4.69) is 97.3 Å². The first-order valence-electron chi connectivity index (χ1n) is 29.6. The second-order valence-electron chi connectivity index (χ2n) is 21.0. The van der Waals surface area contributed by atoms with Crippen LogP contribution >= 0.6 is 7.82 Å². The van der Waals surface area contributed by atoms with E-state index in [0.717, 1.165) is 77.0 Å². The molecular weight excluding hydrogens is 912 g/mol. The molecule has 0 fully saturated rings. The molecule has 0 aliphatic carbocycles. The van der Waals surface area contributed by atoms with Gasteiger partial charge in [-0.2, -0.15) is 0 Å². The number of quaternary nitrogens is 1. The Bertz CT molecular complexity index is 1490. The zero-order chi connectivity index (χ0) is 52.7. The van der Waals surface area contributed by atoms with Crippen LogP contribution < -0.4 is 5.32 Å². The second-order valence-corrected chi connectivity index (χ2v) is 22.4. The van der Waals surface area contributed by atoms with Gasteiger partial charge in [-0.05, 0) is 84.0 Å². The molecule has 0 aromatic rings. The van der Waals surface area contributed by atoms with E-state index in [4.69, 9.17) is 9.05 Å². The van der Waals surface area contributed by atoms with Crippen LogP contribution in [0.15, 0.2) is 97.2 Å². The number of nitrogens with zero attached hydrogens (tertiary/aromatic N) is 1. The zero-order valence-electron chi connectivity index (χ0n) is 47.4. The van der Waals surface area contributed by atoms with E-state index in [1.807, 2.05) is 34.1 Å². The maximum atomic E-state index is 12.9. The molecule has 0 aromatic carbocycles. The van der Waals surface area contributed by atoms with Crippen molar-refractivity contribution in [1.29, 1.82) is 0 Å². The number of carbonyl (C=O) groups is 1. The molecular formula is C63H114N2O6P+. The summed E-state index contributed by atoms with van der Waals surface area (Å²) in [5, 5.41) is 13.8. The number of rotatable bonds is 53. The van der Waals surface area contributed by atoms with Crippen molar-refractivity contribution in [2.45, 2.75) is 257 Å². The quantitative estimate of drug-likeness (QED) is 0.0243. The summed E-state index contributed by atoms with van der Waals surface area (Å²) >= 11 is 0. The van der Waals surface area contributed by atoms with Crippen molar-refractivity contribution in [3.8, 4) is 0 Å². The van der Waals surface area contributed by atoms with Gasteiger partial charge in [-0.3, -0.25) is 13.8 Å². The molecule has 0 aliphatic rings. The normalized spacial score (nSPS) is 14.6. The Morgan fingerprint density at radius 1 is 0.500 bits per heavy atom. The van der Waals surface area contributed by atoms with Crippen LogP contribution in [0.1, 0.15) is 245 Å². The van der Waals surface area contributed by atoms with Crippen LogP contribution in [0, 0.1) is 0 Å². The van der Waals surface area contributed by atoms with Crippen molar-refractivity contribution in [2.75, 3.05) is 40.9 Å². The standard InChI is InChI=1S/C63H113N2O6P/c1-6-8-10-12-14-16-17-18-19-20-21-22-23-24-25-26-27-28-29-30-31-32-33-34-35-36-37-38-39-40-41-42-43-44-45-46-47-49-51-53-55-57-63(67)64-61(60-71-72(68,69)70-59-58-65(3,4)5)62(66)56-54-52-50-48-15-13-11-9-7-2/h7-10,14-16,18-19,21-22,24-25,48,54,56,61-62,66H,6,11-13,17,20,23,26-47,49-53,55,57-60H2,1-5H3,(H-,64,67,68,69)/p+1/b9-7+,10-8-,16-14-,19-18-,22-21-,25-24-,48-15+,56-54+. The van der Waals surface area contributed by atoms with Gasteiger partial charge in [0.15, 0.2) is 0 Å². The third-order valence-electron chi connectivity index (χ3n) is 12.9. The van der Waals surface area contributed by atoms with Gasteiger partial charge in [-0.25, -0.2) is 4.57 Å². The largest absolute Gasteiger partial charge is 0.472 e. The van der Waals surface area contributed by atoms with E-state index in [0.29, 0.717) is 17.4 Å². The molecule has 3 unspecified atom stereocenters. The van der Waals surface area contributed by atoms with Crippen LogP contribution in [0.5, 0.6) is 0 Å². The molecule has 0 radical (unpaired) electrons. The number of nitrogens with one attached hydrogen (secondary N) is 1. The molecule has 8 nitrogen and oxygen atoms in total. The lowest BCUT2D eigenvalue weighted by molar-refractivity contribution is -0.870. The Hall–Kier alpha value is -2.58. The van der Waals surface area contributed by atoms with Crippen LogP contribution in [0.3, 0.4) is 0 Å². The Labute approximate surface area is 445 Å². The number of carbonyl (C=O) groups excluding carboxylic acids is 1. The lowest BCUT2D eigenvalue weighted by atomic mass is 10.0. The third kappa shape index (κ3) is 55.2. The number of phosphoric ester groups is 1. The smallest absolute Gasteiger partial charge is 0.387 e. The van der Waals surface area contributed by atoms with Gasteiger partial charge in [-0.1, -0.05) is 252 Å². The van der Waals surface area contributed by atoms with Gasteiger partial charge in [0.25, 0.3) is 0 Å². The topological polar surface area (TPSA) is 105 Å². The van der Waals surface area contributed by atoms with E-state index >= 15 is 0 Å². The summed E-state index contributed by atoms with van der Waals surface area (Å²) in [7, 11) is 1.54. The first-order chi connectivity index (χ1) is 35.0. The molecule has 3 N–H and O–H groups in total. The highest BCUT2D eigenvalue weighted by Gasteiger charge is 2.27. The number of aliphatic hydroxyl groups excluding tert-OH is 1. The van der Waals surface area contributed by atoms with Gasteiger partial charge in [0.05, 0.1) is 39.9 Å². The molecule has 9 heteroatoms. The minimum absolute atomic E-state index is 0.0515. The molecule has 72 heavy (non-hydrogen) atoms. The van der Waals surface area contributed by atoms with E-state index in [-0.39, 0.29) is 19.1 Å². The first-order valence-corrected chi connectivity index (χ1v) is 31.1. The van der Waals surface area contributed by atoms with E-state index < -0.39 is 20.0 Å². The van der Waals surface area contributed by atoms with Gasteiger partial charge >= 0.3 is 7.82 Å². The highest BCUT2D eigenvalue weighted by atomic mass is 31.2. The summed E-state index contributed by atoms with van der Waals surface area (Å²) in [6, 6.07) is -0.869. The van der Waals surface area contributed by atoms with Gasteiger partial charge in [-0.15, -0.1) is 0 Å². The van der Waals surface area contributed by atoms with Crippen LogP contribution in [0.4, 0.5) is 0 Å². The van der Waals surface area contributed by atoms with Gasteiger partial charge in [0.2, 0.25) is 5.91 Å². The predicted octanol–water partition coefficient (Wildman–Crippen LogP) is 18.2. The Balaban J connectivity index is 3.81. The number of likely N-dealkylation sites (N-methyl/N-ethyl adjacent to an activating group) is 1. The monoisotopic (exact) mass is 1030 g/mol. The summed E-state index contributed by atoms with van der Waals surface area (Å²) in [5.41, 5.74) is 0. The fraction of sp³-hybridized carbons (Fsp3) is 0.730. The second kappa shape index (κ2) is 53.3. The zero-order valence-corrected chi connectivity index (χ0v) is 48.3. The molecule has 0 aliphatic heterocycles. The van der Waals surface area contributed by atoms with E-state index in [1.54, 1.807) is 6.08 Å². The molecule has 1 amide bonds. The van der Waals surface area contributed by atoms with Gasteiger partial charge in [0.1, 0.15) is 13.2 Å². The first kappa shape index (κ1) is 69.4. The number of amides is 1. The average molecular weight is 1030 g/mol. The fourth-order valence-corrected chi connectivity index (χ4v) is 9.02. The van der Waals surface area contributed by atoms with Crippen LogP contribution in [-0.4, -0.2) is 73.4 Å². The molecule has 3 atom stereocenters. The van der Waals surface area contributed by atoms with E-state index in [9.17, 15) is 19.4 Å². The summed E-state index contributed by atoms with van der Waals surface area (Å²) in [6.45, 7) is 4.43. The molecule has 0 bridgehead atoms. The summed E-state index contributed by atoms with van der Waals surface area (Å²) in [6.07, 6.45) is 77.3. The lowest BCUT2D eigenvalue weighted by Crippen LogP contribution is -2.45. The lowest BCUT2D eigenvalue weighted by Gasteiger charge is -2.25. The number of allylic oxidation sites excluding steroid dienone is 15. The number of phosphoric acid groups is 1. The van der Waals surface area contributed by atoms with Crippen molar-refractivity contribution in [3.05, 3.63) is 97.2 Å². The number of aliphatic hydroxyl groups is 1. The Morgan fingerprint density at radius 3 is 1.28 bits per heavy atom. The number of hydrogen-bond acceptors (Lipinski definition) is 5. The fourth-order valence-electron chi connectivity index (χ4n) is 8.29. The van der Waals surface area contributed by atoms with Crippen molar-refractivity contribution >= 4 is 13.7 Å². The van der Waals surface area contributed by atoms with Crippen molar-refractivity contribution in [1.82, 2.24) is 5.32 Å². The Kier molecular flexibility index (Phi) is 51.3. The highest BCUT2D eigenvalue weighted by Crippen LogP contribution is 2.43. The van der Waals surface area contributed by atoms with Gasteiger partial charge in [0, 0.05) is 6.42 Å². The van der Waals surface area contributed by atoms with E-state index in [1.165, 1.54) is 148 Å². The molecule has 0 spiro atoms. The number of unbranched alkanes of at least 4 members (excludes halogenated alkanes) is 27. The maximum Gasteiger partial charge on any atom is 0.472 e. The molecule has 0 rings (SSSR count). The minimum Gasteiger partial charge on any atom is -0.387 e. The Morgan fingerprint density at radius 2 is 0.861 bits per heavy atom. The molecule has 0 heterocycles. The minimum atomic E-state index is -4.35. The van der Waals surface area contributed by atoms with Crippen LogP contribution in [0.2, 0.25) is 0 Å². The highest BCUT2D eigenvalue weighted by molar-refractivity contribution is 7.47. The molecule has 0 aromatic heterocycles. The average Bonchev–Trinajstić information content (AvgIpc) is 3.34.